The largest absolute Gasteiger partial charge is 0.463 e. The van der Waals surface area contributed by atoms with Crippen molar-refractivity contribution in [1.82, 2.24) is 19.9 Å². The van der Waals surface area contributed by atoms with E-state index >= 15 is 4.39 Å². The van der Waals surface area contributed by atoms with E-state index in [0.29, 0.717) is 30.3 Å². The van der Waals surface area contributed by atoms with E-state index in [1.807, 2.05) is 7.05 Å². The van der Waals surface area contributed by atoms with Crippen molar-refractivity contribution < 1.29 is 18.3 Å². The molecule has 0 amide bonds. The summed E-state index contributed by atoms with van der Waals surface area (Å²) in [6.45, 7) is 9.76. The molecule has 4 aromatic rings. The molecule has 1 saturated heterocycles. The molecule has 0 radical (unpaired) electrons. The number of rotatable bonds is 11. The van der Waals surface area contributed by atoms with E-state index in [1.54, 1.807) is 6.20 Å². The summed E-state index contributed by atoms with van der Waals surface area (Å²) in [4.78, 5) is 22.4. The van der Waals surface area contributed by atoms with Gasteiger partial charge in [0.1, 0.15) is 33.9 Å². The summed E-state index contributed by atoms with van der Waals surface area (Å²) in [6.07, 6.45) is 12.5. The van der Waals surface area contributed by atoms with Gasteiger partial charge in [0.25, 0.3) is 0 Å². The molecule has 7 rings (SSSR count). The molecule has 3 aromatic heterocycles. The van der Waals surface area contributed by atoms with Crippen molar-refractivity contribution in [3.8, 4) is 23.3 Å². The Bertz CT molecular complexity index is 2060. The molecular formula is C39H45F2N7O2S. The van der Waals surface area contributed by atoms with Crippen molar-refractivity contribution in [2.75, 3.05) is 45.8 Å². The minimum absolute atomic E-state index is 0.0119. The Balaban J connectivity index is 1.27. The highest BCUT2D eigenvalue weighted by Crippen LogP contribution is 2.50. The van der Waals surface area contributed by atoms with Crippen LogP contribution in [0, 0.1) is 34.3 Å². The van der Waals surface area contributed by atoms with Crippen LogP contribution >= 0.6 is 11.3 Å². The van der Waals surface area contributed by atoms with Crippen molar-refractivity contribution in [3.05, 3.63) is 47.2 Å². The number of likely N-dealkylation sites (N-methyl/N-ethyl adjacent to an activating group) is 2. The average Bonchev–Trinajstić information content (AvgIpc) is 3.80. The monoisotopic (exact) mass is 713 g/mol. The molecule has 1 aliphatic heterocycles. The SMILES string of the molecule is C=Nc1sc2c(F)ccc(-c3ncc4c(N(C)CC5(N(C)C)CCC5)nc(OCC5(C/C=C6/CC[C@H](C)OC[C@H]6C)CC5)nc4c3F)c2c1C#N. The highest BCUT2D eigenvalue weighted by Gasteiger charge is 2.43. The highest BCUT2D eigenvalue weighted by molar-refractivity contribution is 7.23. The second kappa shape index (κ2) is 13.8. The number of aromatic nitrogens is 3. The van der Waals surface area contributed by atoms with Crippen LogP contribution in [0.2, 0.25) is 0 Å². The molecule has 2 saturated carbocycles. The minimum Gasteiger partial charge on any atom is -0.463 e. The van der Waals surface area contributed by atoms with Crippen LogP contribution in [0.4, 0.5) is 19.6 Å². The topological polar surface area (TPSA) is 99.8 Å². The van der Waals surface area contributed by atoms with E-state index in [1.165, 1.54) is 17.7 Å². The van der Waals surface area contributed by atoms with E-state index < -0.39 is 11.6 Å². The maximum atomic E-state index is 16.9. The van der Waals surface area contributed by atoms with Gasteiger partial charge < -0.3 is 19.3 Å². The third kappa shape index (κ3) is 6.60. The van der Waals surface area contributed by atoms with Gasteiger partial charge in [0, 0.05) is 47.6 Å². The molecule has 2 atom stereocenters. The summed E-state index contributed by atoms with van der Waals surface area (Å²) in [6, 6.07) is 4.92. The van der Waals surface area contributed by atoms with Crippen LogP contribution in [0.5, 0.6) is 6.01 Å². The quantitative estimate of drug-likeness (QED) is 0.113. The summed E-state index contributed by atoms with van der Waals surface area (Å²) in [5.41, 5.74) is 1.84. The third-order valence-electron chi connectivity index (χ3n) is 11.4. The lowest BCUT2D eigenvalue weighted by Crippen LogP contribution is -2.56. The van der Waals surface area contributed by atoms with Gasteiger partial charge >= 0.3 is 6.01 Å². The molecule has 0 spiro atoms. The molecule has 3 aliphatic rings. The predicted octanol–water partition coefficient (Wildman–Crippen LogP) is 8.62. The number of nitrogens with zero attached hydrogens (tertiary/aromatic N) is 7. The van der Waals surface area contributed by atoms with Gasteiger partial charge in [0.2, 0.25) is 0 Å². The van der Waals surface area contributed by atoms with Gasteiger partial charge in [-0.05, 0) is 91.2 Å². The molecule has 1 aromatic carbocycles. The zero-order valence-electron chi connectivity index (χ0n) is 30.1. The number of ether oxygens (including phenoxy) is 2. The number of hydrogen-bond acceptors (Lipinski definition) is 10. The molecule has 0 bridgehead atoms. The molecule has 268 valence electrons. The molecule has 0 N–H and O–H groups in total. The number of aliphatic imine (C=N–C) groups is 1. The van der Waals surface area contributed by atoms with Gasteiger partial charge in [0.15, 0.2) is 5.82 Å². The Morgan fingerprint density at radius 2 is 1.96 bits per heavy atom. The van der Waals surface area contributed by atoms with Crippen molar-refractivity contribution >= 4 is 49.9 Å². The molecule has 51 heavy (non-hydrogen) atoms. The van der Waals surface area contributed by atoms with Crippen LogP contribution in [0.15, 0.2) is 35.0 Å². The zero-order chi connectivity index (χ0) is 36.1. The number of benzene rings is 1. The lowest BCUT2D eigenvalue weighted by molar-refractivity contribution is 0.0582. The van der Waals surface area contributed by atoms with Crippen LogP contribution < -0.4 is 9.64 Å². The van der Waals surface area contributed by atoms with E-state index in [4.69, 9.17) is 14.5 Å². The van der Waals surface area contributed by atoms with E-state index in [-0.39, 0.29) is 60.5 Å². The van der Waals surface area contributed by atoms with Crippen molar-refractivity contribution in [2.45, 2.75) is 76.9 Å². The van der Waals surface area contributed by atoms with E-state index in [9.17, 15) is 9.65 Å². The zero-order valence-corrected chi connectivity index (χ0v) is 30.9. The first-order valence-electron chi connectivity index (χ1n) is 17.8. The van der Waals surface area contributed by atoms with Gasteiger partial charge in [-0.3, -0.25) is 9.98 Å². The Morgan fingerprint density at radius 3 is 2.63 bits per heavy atom. The van der Waals surface area contributed by atoms with Gasteiger partial charge in [-0.25, -0.2) is 8.78 Å². The van der Waals surface area contributed by atoms with Gasteiger partial charge in [-0.15, -0.1) is 11.3 Å². The van der Waals surface area contributed by atoms with Gasteiger partial charge in [-0.2, -0.15) is 15.2 Å². The lowest BCUT2D eigenvalue weighted by Gasteiger charge is -2.49. The summed E-state index contributed by atoms with van der Waals surface area (Å²) < 4.78 is 44.4. The van der Waals surface area contributed by atoms with Crippen molar-refractivity contribution in [1.29, 1.82) is 5.26 Å². The second-order valence-corrected chi connectivity index (χ2v) is 16.0. The number of hydrogen-bond donors (Lipinski definition) is 0. The van der Waals surface area contributed by atoms with Gasteiger partial charge in [-0.1, -0.05) is 18.6 Å². The number of anilines is 1. The Morgan fingerprint density at radius 1 is 1.18 bits per heavy atom. The van der Waals surface area contributed by atoms with E-state index in [0.717, 1.165) is 69.3 Å². The number of pyridine rings is 1. The number of allylic oxidation sites excluding steroid dienone is 1. The van der Waals surface area contributed by atoms with Crippen LogP contribution in [0.1, 0.15) is 70.8 Å². The molecule has 0 unspecified atom stereocenters. The normalized spacial score (nSPS) is 21.7. The molecular weight excluding hydrogens is 669 g/mol. The standard InChI is InChI=1S/C39H45F2N7O2S/c1-23-20-49-24(2)8-9-25(23)12-15-38(16-17-38)22-50-37-45-33-28(35(46-37)48(6)21-39(47(4)5)13-7-14-39)19-44-32(31(33)41)26-10-11-29(40)34-30(26)27(18-42)36(43-3)51-34/h10-12,19,23-24H,3,7-9,13-17,20-22H2,1-2,4-6H3/b25-12-/t23-,24+/m1/s1. The Kier molecular flexibility index (Phi) is 9.58. The smallest absolute Gasteiger partial charge is 0.319 e. The Hall–Kier alpha value is -4.05. The third-order valence-corrected chi connectivity index (χ3v) is 12.5. The fraction of sp³-hybridized carbons (Fsp3) is 0.513. The minimum atomic E-state index is -0.693. The van der Waals surface area contributed by atoms with Crippen LogP contribution in [-0.2, 0) is 4.74 Å². The fourth-order valence-electron chi connectivity index (χ4n) is 7.55. The first-order chi connectivity index (χ1) is 24.5. The highest BCUT2D eigenvalue weighted by atomic mass is 32.1. The van der Waals surface area contributed by atoms with Crippen LogP contribution in [0.3, 0.4) is 0 Å². The predicted molar refractivity (Wildman–Crippen MR) is 199 cm³/mol. The number of thiophene rings is 1. The van der Waals surface area contributed by atoms with Crippen molar-refractivity contribution in [2.24, 2.45) is 16.3 Å². The molecule has 3 fully saturated rings. The van der Waals surface area contributed by atoms with E-state index in [2.05, 4.69) is 71.6 Å². The number of halogens is 2. The maximum Gasteiger partial charge on any atom is 0.319 e. The summed E-state index contributed by atoms with van der Waals surface area (Å²) in [5, 5.41) is 11.0. The van der Waals surface area contributed by atoms with Crippen molar-refractivity contribution in [3.63, 3.8) is 0 Å². The molecule has 2 aliphatic carbocycles. The Labute approximate surface area is 302 Å². The summed E-state index contributed by atoms with van der Waals surface area (Å²) >= 11 is 1.00. The number of fused-ring (bicyclic) bond motifs is 2. The molecule has 12 heteroatoms. The fourth-order valence-corrected chi connectivity index (χ4v) is 8.54. The number of nitriles is 1. The summed E-state index contributed by atoms with van der Waals surface area (Å²) in [7, 11) is 6.15. The maximum absolute atomic E-state index is 16.9. The lowest BCUT2D eigenvalue weighted by atomic mass is 9.75. The molecule has 4 heterocycles. The summed E-state index contributed by atoms with van der Waals surface area (Å²) in [5.74, 6) is -0.299. The van der Waals surface area contributed by atoms with Gasteiger partial charge in [0.05, 0.1) is 35.0 Å². The second-order valence-electron chi connectivity index (χ2n) is 15.0. The van der Waals surface area contributed by atoms with Crippen LogP contribution in [-0.4, -0.2) is 79.1 Å². The van der Waals surface area contributed by atoms with Crippen LogP contribution in [0.25, 0.3) is 32.2 Å². The molecule has 9 nitrogen and oxygen atoms in total. The first kappa shape index (κ1) is 35.4. The first-order valence-corrected chi connectivity index (χ1v) is 18.6. The average molecular weight is 714 g/mol.